The van der Waals surface area contributed by atoms with Crippen molar-refractivity contribution in [1.82, 2.24) is 0 Å². The lowest BCUT2D eigenvalue weighted by Gasteiger charge is -2.14. The number of amides is 1. The highest BCUT2D eigenvalue weighted by Gasteiger charge is 2.16. The number of ketones is 1. The van der Waals surface area contributed by atoms with E-state index in [9.17, 15) is 9.59 Å². The number of benzene rings is 3. The predicted molar refractivity (Wildman–Crippen MR) is 141 cm³/mol. The fraction of sp³-hybridized carbons (Fsp3) is 0.125. The molecule has 0 radical (unpaired) electrons. The fourth-order valence-corrected chi connectivity index (χ4v) is 4.33. The van der Waals surface area contributed by atoms with Gasteiger partial charge in [-0.15, -0.1) is 11.8 Å². The Morgan fingerprint density at radius 1 is 0.906 bits per heavy atom. The van der Waals surface area contributed by atoms with Crippen molar-refractivity contribution < 1.29 is 9.59 Å². The molecule has 3 N–H and O–H groups in total. The lowest BCUT2D eigenvalue weighted by Crippen LogP contribution is -2.22. The van der Waals surface area contributed by atoms with Crippen LogP contribution < -0.4 is 16.0 Å². The summed E-state index contributed by atoms with van der Waals surface area (Å²) in [6.45, 7) is 3.40. The van der Waals surface area contributed by atoms with Crippen LogP contribution in [0.4, 0.5) is 17.1 Å². The third-order valence-corrected chi connectivity index (χ3v) is 6.44. The van der Waals surface area contributed by atoms with E-state index in [-0.39, 0.29) is 16.9 Å². The molecule has 0 spiro atoms. The highest BCUT2D eigenvalue weighted by molar-refractivity contribution is 9.10. The van der Waals surface area contributed by atoms with Crippen LogP contribution in [-0.4, -0.2) is 22.1 Å². The Hall–Kier alpha value is -2.68. The monoisotopic (exact) mass is 527 g/mol. The summed E-state index contributed by atoms with van der Waals surface area (Å²) in [7, 11) is 0. The quantitative estimate of drug-likeness (QED) is 0.183. The molecule has 0 saturated heterocycles. The maximum Gasteiger partial charge on any atom is 0.237 e. The van der Waals surface area contributed by atoms with Crippen molar-refractivity contribution >= 4 is 73.8 Å². The van der Waals surface area contributed by atoms with Gasteiger partial charge in [0, 0.05) is 26.3 Å². The molecule has 0 aliphatic carbocycles. The molecular formula is C24H22BrN3O2S2. The van der Waals surface area contributed by atoms with Crippen molar-refractivity contribution in [2.24, 2.45) is 0 Å². The first-order valence-electron chi connectivity index (χ1n) is 9.83. The third-order valence-electron chi connectivity index (χ3n) is 4.46. The second-order valence-electron chi connectivity index (χ2n) is 6.97. The Kier molecular flexibility index (Phi) is 8.44. The number of carbonyl (C=O) groups excluding carboxylic acids is 2. The molecule has 3 rings (SSSR count). The topological polar surface area (TPSA) is 70.2 Å². The van der Waals surface area contributed by atoms with Crippen molar-refractivity contribution in [2.45, 2.75) is 24.0 Å². The van der Waals surface area contributed by atoms with Crippen LogP contribution in [0, 0.1) is 0 Å². The largest absolute Gasteiger partial charge is 0.332 e. The molecule has 0 fully saturated rings. The number of hydrogen-bond acceptors (Lipinski definition) is 4. The van der Waals surface area contributed by atoms with Gasteiger partial charge in [0.2, 0.25) is 5.91 Å². The van der Waals surface area contributed by atoms with Gasteiger partial charge in [0.05, 0.1) is 10.9 Å². The van der Waals surface area contributed by atoms with E-state index in [0.717, 1.165) is 26.4 Å². The molecule has 1 unspecified atom stereocenters. The van der Waals surface area contributed by atoms with E-state index in [1.165, 1.54) is 18.7 Å². The van der Waals surface area contributed by atoms with Gasteiger partial charge >= 0.3 is 0 Å². The standard InChI is InChI=1S/C24H22BrN3O2S2/c1-15(29)17-10-12-18(13-11-17)26-24(31)27-19-6-5-7-20(14-19)32-16(2)23(30)28-22-9-4-3-8-21(22)25/h3-14,16H,1-2H3,(H,28,30)(H2,26,27,31). The predicted octanol–water partition coefficient (Wildman–Crippen LogP) is 6.58. The van der Waals surface area contributed by atoms with Gasteiger partial charge in [-0.25, -0.2) is 0 Å². The number of halogens is 1. The van der Waals surface area contributed by atoms with Gasteiger partial charge in [0.25, 0.3) is 0 Å². The van der Waals surface area contributed by atoms with Gasteiger partial charge in [0.15, 0.2) is 10.9 Å². The fourth-order valence-electron chi connectivity index (χ4n) is 2.78. The number of nitrogens with one attached hydrogen (secondary N) is 3. The van der Waals surface area contributed by atoms with Crippen LogP contribution in [0.1, 0.15) is 24.2 Å². The van der Waals surface area contributed by atoms with E-state index < -0.39 is 0 Å². The minimum Gasteiger partial charge on any atom is -0.332 e. The molecule has 32 heavy (non-hydrogen) atoms. The van der Waals surface area contributed by atoms with E-state index in [0.29, 0.717) is 10.7 Å². The molecule has 3 aromatic rings. The van der Waals surface area contributed by atoms with Crippen LogP contribution in [0.2, 0.25) is 0 Å². The third kappa shape index (κ3) is 6.91. The average molecular weight is 528 g/mol. The number of hydrogen-bond donors (Lipinski definition) is 3. The summed E-state index contributed by atoms with van der Waals surface area (Å²) in [5.74, 6) is -0.0580. The highest BCUT2D eigenvalue weighted by atomic mass is 79.9. The van der Waals surface area contributed by atoms with Crippen LogP contribution in [-0.2, 0) is 4.79 Å². The summed E-state index contributed by atoms with van der Waals surface area (Å²) < 4.78 is 0.841. The molecule has 5 nitrogen and oxygen atoms in total. The number of rotatable bonds is 7. The van der Waals surface area contributed by atoms with Crippen molar-refractivity contribution in [3.05, 3.63) is 82.8 Å². The zero-order chi connectivity index (χ0) is 23.1. The van der Waals surface area contributed by atoms with E-state index in [1.807, 2.05) is 67.6 Å². The van der Waals surface area contributed by atoms with E-state index in [4.69, 9.17) is 12.2 Å². The minimum atomic E-state index is -0.290. The second kappa shape index (κ2) is 11.3. The highest BCUT2D eigenvalue weighted by Crippen LogP contribution is 2.28. The van der Waals surface area contributed by atoms with Gasteiger partial charge in [0.1, 0.15) is 0 Å². The molecule has 8 heteroatoms. The van der Waals surface area contributed by atoms with Gasteiger partial charge in [-0.3, -0.25) is 9.59 Å². The minimum absolute atomic E-state index is 0.0193. The summed E-state index contributed by atoms with van der Waals surface area (Å²) in [5, 5.41) is 9.34. The Morgan fingerprint density at radius 2 is 1.59 bits per heavy atom. The summed E-state index contributed by atoms with van der Waals surface area (Å²) in [6, 6.07) is 22.4. The first kappa shape index (κ1) is 24.0. The van der Waals surface area contributed by atoms with E-state index >= 15 is 0 Å². The average Bonchev–Trinajstić information content (AvgIpc) is 2.75. The maximum absolute atomic E-state index is 12.6. The first-order valence-corrected chi connectivity index (χ1v) is 11.9. The summed E-state index contributed by atoms with van der Waals surface area (Å²) in [5.41, 5.74) is 2.99. The Bertz CT molecular complexity index is 1140. The van der Waals surface area contributed by atoms with Gasteiger partial charge in [-0.2, -0.15) is 0 Å². The number of anilines is 3. The second-order valence-corrected chi connectivity index (χ2v) is 9.65. The molecule has 0 heterocycles. The maximum atomic E-state index is 12.6. The molecule has 1 amide bonds. The van der Waals surface area contributed by atoms with Crippen molar-refractivity contribution in [3.8, 4) is 0 Å². The first-order chi connectivity index (χ1) is 15.3. The smallest absolute Gasteiger partial charge is 0.237 e. The number of thioether (sulfide) groups is 1. The van der Waals surface area contributed by atoms with Gasteiger partial charge in [-0.1, -0.05) is 18.2 Å². The zero-order valence-corrected chi connectivity index (χ0v) is 20.7. The Balaban J connectivity index is 1.57. The molecule has 0 saturated carbocycles. The Labute approximate surface area is 205 Å². The van der Waals surface area contributed by atoms with Gasteiger partial charge in [-0.05, 0) is 96.6 Å². The molecule has 1 atom stereocenters. The van der Waals surface area contributed by atoms with Crippen molar-refractivity contribution in [3.63, 3.8) is 0 Å². The SMILES string of the molecule is CC(=O)c1ccc(NC(=S)Nc2cccc(SC(C)C(=O)Nc3ccccc3Br)c2)cc1. The molecule has 164 valence electrons. The molecule has 0 aromatic heterocycles. The van der Waals surface area contributed by atoms with E-state index in [1.54, 1.807) is 12.1 Å². The molecular weight excluding hydrogens is 506 g/mol. The van der Waals surface area contributed by atoms with Crippen LogP contribution >= 0.6 is 39.9 Å². The van der Waals surface area contributed by atoms with Gasteiger partial charge < -0.3 is 16.0 Å². The summed E-state index contributed by atoms with van der Waals surface area (Å²) in [6.07, 6.45) is 0. The lowest BCUT2D eigenvalue weighted by atomic mass is 10.1. The molecule has 3 aromatic carbocycles. The molecule has 0 aliphatic heterocycles. The van der Waals surface area contributed by atoms with Crippen LogP contribution in [0.15, 0.2) is 82.2 Å². The summed E-state index contributed by atoms with van der Waals surface area (Å²) in [4.78, 5) is 24.9. The van der Waals surface area contributed by atoms with Crippen LogP contribution in [0.5, 0.6) is 0 Å². The van der Waals surface area contributed by atoms with E-state index in [2.05, 4.69) is 31.9 Å². The summed E-state index contributed by atoms with van der Waals surface area (Å²) >= 11 is 10.3. The zero-order valence-electron chi connectivity index (χ0n) is 17.5. The molecule has 0 aliphatic rings. The number of thiocarbonyl (C=S) groups is 1. The number of para-hydroxylation sites is 1. The van der Waals surface area contributed by atoms with Crippen molar-refractivity contribution in [1.29, 1.82) is 0 Å². The Morgan fingerprint density at radius 3 is 2.28 bits per heavy atom. The number of carbonyl (C=O) groups is 2. The van der Waals surface area contributed by atoms with Crippen molar-refractivity contribution in [2.75, 3.05) is 16.0 Å². The lowest BCUT2D eigenvalue weighted by molar-refractivity contribution is -0.115. The normalized spacial score (nSPS) is 11.3. The van der Waals surface area contributed by atoms with Crippen LogP contribution in [0.25, 0.3) is 0 Å². The van der Waals surface area contributed by atoms with Crippen LogP contribution in [0.3, 0.4) is 0 Å². The number of Topliss-reactive ketones (excluding diaryl/α,β-unsaturated/α-hetero) is 1. The molecule has 0 bridgehead atoms.